The monoisotopic (exact) mass is 222 g/mol. The van der Waals surface area contributed by atoms with E-state index in [1.807, 2.05) is 0 Å². The highest BCUT2D eigenvalue weighted by atomic mass is 32.1. The third-order valence-corrected chi connectivity index (χ3v) is 2.27. The Balaban J connectivity index is 2.73. The lowest BCUT2D eigenvalue weighted by atomic mass is 10.3. The topological polar surface area (TPSA) is 24.9 Å². The molecule has 0 saturated carbocycles. The molecule has 0 aliphatic heterocycles. The van der Waals surface area contributed by atoms with Gasteiger partial charge in [0.15, 0.2) is 10.8 Å². The Morgan fingerprint density at radius 1 is 1.64 bits per heavy atom. The standard InChI is InChI=1S/C8H9F3N2S/c1-3-5(2)12-7-13-6(4-14-7)8(9,10)11/h3-5H,1H2,2H3,(H,12,13). The fourth-order valence-electron chi connectivity index (χ4n) is 0.724. The van der Waals surface area contributed by atoms with E-state index in [2.05, 4.69) is 16.9 Å². The van der Waals surface area contributed by atoms with Gasteiger partial charge in [0, 0.05) is 11.4 Å². The Morgan fingerprint density at radius 3 is 2.71 bits per heavy atom. The summed E-state index contributed by atoms with van der Waals surface area (Å²) in [5.41, 5.74) is -0.860. The summed E-state index contributed by atoms with van der Waals surface area (Å²) in [6.07, 6.45) is -2.78. The number of thiazole rings is 1. The van der Waals surface area contributed by atoms with Crippen LogP contribution in [-0.2, 0) is 6.18 Å². The molecule has 0 radical (unpaired) electrons. The second kappa shape index (κ2) is 4.00. The van der Waals surface area contributed by atoms with Gasteiger partial charge in [-0.1, -0.05) is 6.08 Å². The molecule has 0 spiro atoms. The Morgan fingerprint density at radius 2 is 2.29 bits per heavy atom. The van der Waals surface area contributed by atoms with Crippen molar-refractivity contribution in [2.24, 2.45) is 0 Å². The van der Waals surface area contributed by atoms with Crippen LogP contribution in [0.4, 0.5) is 18.3 Å². The third-order valence-electron chi connectivity index (χ3n) is 1.50. The number of aromatic nitrogens is 1. The minimum atomic E-state index is -4.37. The number of anilines is 1. The van der Waals surface area contributed by atoms with Gasteiger partial charge < -0.3 is 5.32 Å². The number of rotatable bonds is 3. The Kier molecular flexibility index (Phi) is 3.15. The molecule has 6 heteroatoms. The van der Waals surface area contributed by atoms with Gasteiger partial charge in [-0.2, -0.15) is 13.2 Å². The van der Waals surface area contributed by atoms with E-state index in [0.29, 0.717) is 0 Å². The van der Waals surface area contributed by atoms with Crippen LogP contribution in [-0.4, -0.2) is 11.0 Å². The zero-order valence-corrected chi connectivity index (χ0v) is 8.25. The summed E-state index contributed by atoms with van der Waals surface area (Å²) in [4.78, 5) is 3.40. The van der Waals surface area contributed by atoms with Gasteiger partial charge in [0.05, 0.1) is 0 Å². The van der Waals surface area contributed by atoms with E-state index in [4.69, 9.17) is 0 Å². The first-order chi connectivity index (χ1) is 6.43. The Labute approximate surface area is 83.5 Å². The lowest BCUT2D eigenvalue weighted by Crippen LogP contribution is -2.12. The van der Waals surface area contributed by atoms with Gasteiger partial charge in [-0.15, -0.1) is 17.9 Å². The highest BCUT2D eigenvalue weighted by molar-refractivity contribution is 7.13. The van der Waals surface area contributed by atoms with E-state index in [0.717, 1.165) is 16.7 Å². The largest absolute Gasteiger partial charge is 0.434 e. The van der Waals surface area contributed by atoms with Gasteiger partial charge >= 0.3 is 6.18 Å². The normalized spacial score (nSPS) is 13.7. The van der Waals surface area contributed by atoms with Crippen molar-refractivity contribution in [1.29, 1.82) is 0 Å². The second-order valence-electron chi connectivity index (χ2n) is 2.70. The van der Waals surface area contributed by atoms with Crippen LogP contribution >= 0.6 is 11.3 Å². The predicted octanol–water partition coefficient (Wildman–Crippen LogP) is 3.15. The predicted molar refractivity (Wildman–Crippen MR) is 50.4 cm³/mol. The molecule has 1 unspecified atom stereocenters. The molecule has 1 rings (SSSR count). The zero-order chi connectivity index (χ0) is 10.8. The summed E-state index contributed by atoms with van der Waals surface area (Å²) in [7, 11) is 0. The van der Waals surface area contributed by atoms with Crippen molar-refractivity contribution in [1.82, 2.24) is 4.98 Å². The third kappa shape index (κ3) is 2.73. The van der Waals surface area contributed by atoms with E-state index in [-0.39, 0.29) is 11.2 Å². The second-order valence-corrected chi connectivity index (χ2v) is 3.56. The van der Waals surface area contributed by atoms with Crippen LogP contribution < -0.4 is 5.32 Å². The van der Waals surface area contributed by atoms with Crippen LogP contribution in [0.15, 0.2) is 18.0 Å². The highest BCUT2D eigenvalue weighted by Gasteiger charge is 2.33. The van der Waals surface area contributed by atoms with Crippen molar-refractivity contribution in [3.05, 3.63) is 23.7 Å². The summed E-state index contributed by atoms with van der Waals surface area (Å²) in [6.45, 7) is 5.28. The lowest BCUT2D eigenvalue weighted by molar-refractivity contribution is -0.140. The molecule has 0 amide bonds. The van der Waals surface area contributed by atoms with Crippen LogP contribution in [0.2, 0.25) is 0 Å². The van der Waals surface area contributed by atoms with Crippen molar-refractivity contribution >= 4 is 16.5 Å². The van der Waals surface area contributed by atoms with Crippen molar-refractivity contribution < 1.29 is 13.2 Å². The highest BCUT2D eigenvalue weighted by Crippen LogP contribution is 2.31. The first-order valence-corrected chi connectivity index (χ1v) is 4.73. The van der Waals surface area contributed by atoms with E-state index >= 15 is 0 Å². The molecule has 1 N–H and O–H groups in total. The number of hydrogen-bond acceptors (Lipinski definition) is 3. The minimum absolute atomic E-state index is 0.0952. The summed E-state index contributed by atoms with van der Waals surface area (Å²) in [6, 6.07) is -0.0952. The van der Waals surface area contributed by atoms with Crippen LogP contribution in [0.3, 0.4) is 0 Å². The summed E-state index contributed by atoms with van der Waals surface area (Å²) < 4.78 is 36.4. The van der Waals surface area contributed by atoms with Gasteiger partial charge in [-0.05, 0) is 6.92 Å². The van der Waals surface area contributed by atoms with E-state index < -0.39 is 11.9 Å². The zero-order valence-electron chi connectivity index (χ0n) is 7.43. The molecule has 0 fully saturated rings. The maximum atomic E-state index is 12.1. The molecule has 1 heterocycles. The number of alkyl halides is 3. The molecule has 0 saturated heterocycles. The molecular weight excluding hydrogens is 213 g/mol. The van der Waals surface area contributed by atoms with Gasteiger partial charge in [-0.3, -0.25) is 0 Å². The van der Waals surface area contributed by atoms with Crippen LogP contribution in [0.5, 0.6) is 0 Å². The fraction of sp³-hybridized carbons (Fsp3) is 0.375. The Bertz CT molecular complexity index is 319. The number of nitrogens with zero attached hydrogens (tertiary/aromatic N) is 1. The maximum absolute atomic E-state index is 12.1. The average Bonchev–Trinajstić information content (AvgIpc) is 2.51. The van der Waals surface area contributed by atoms with Crippen LogP contribution in [0.1, 0.15) is 12.6 Å². The molecule has 0 bridgehead atoms. The van der Waals surface area contributed by atoms with Gasteiger partial charge in [0.2, 0.25) is 0 Å². The van der Waals surface area contributed by atoms with E-state index in [9.17, 15) is 13.2 Å². The SMILES string of the molecule is C=CC(C)Nc1nc(C(F)(F)F)cs1. The lowest BCUT2D eigenvalue weighted by Gasteiger charge is -2.06. The van der Waals surface area contributed by atoms with Crippen LogP contribution in [0, 0.1) is 0 Å². The van der Waals surface area contributed by atoms with Gasteiger partial charge in [0.25, 0.3) is 0 Å². The van der Waals surface area contributed by atoms with E-state index in [1.165, 1.54) is 0 Å². The fourth-order valence-corrected chi connectivity index (χ4v) is 1.54. The summed E-state index contributed by atoms with van der Waals surface area (Å²) >= 11 is 0.930. The number of hydrogen-bond donors (Lipinski definition) is 1. The summed E-state index contributed by atoms with van der Waals surface area (Å²) in [5, 5.41) is 4.01. The average molecular weight is 222 g/mol. The molecule has 0 aromatic carbocycles. The molecule has 14 heavy (non-hydrogen) atoms. The van der Waals surface area contributed by atoms with Crippen molar-refractivity contribution in [3.63, 3.8) is 0 Å². The van der Waals surface area contributed by atoms with Crippen molar-refractivity contribution in [2.75, 3.05) is 5.32 Å². The summed E-state index contributed by atoms with van der Waals surface area (Å²) in [5.74, 6) is 0. The quantitative estimate of drug-likeness (QED) is 0.794. The van der Waals surface area contributed by atoms with E-state index in [1.54, 1.807) is 13.0 Å². The first kappa shape index (κ1) is 11.0. The van der Waals surface area contributed by atoms with Crippen molar-refractivity contribution in [2.45, 2.75) is 19.1 Å². The van der Waals surface area contributed by atoms with Crippen LogP contribution in [0.25, 0.3) is 0 Å². The molecule has 78 valence electrons. The molecule has 1 aromatic rings. The Hall–Kier alpha value is -1.04. The van der Waals surface area contributed by atoms with Gasteiger partial charge in [0.1, 0.15) is 0 Å². The number of halogens is 3. The molecule has 1 atom stereocenters. The maximum Gasteiger partial charge on any atom is 0.434 e. The van der Waals surface area contributed by atoms with Crippen molar-refractivity contribution in [3.8, 4) is 0 Å². The molecule has 0 aliphatic carbocycles. The first-order valence-electron chi connectivity index (χ1n) is 3.85. The molecule has 0 aliphatic rings. The minimum Gasteiger partial charge on any atom is -0.356 e. The molecular formula is C8H9F3N2S. The number of nitrogens with one attached hydrogen (secondary N) is 1. The smallest absolute Gasteiger partial charge is 0.356 e. The molecule has 2 nitrogen and oxygen atoms in total. The molecule has 1 aromatic heterocycles. The van der Waals surface area contributed by atoms with Gasteiger partial charge in [-0.25, -0.2) is 4.98 Å².